The molecule has 0 aromatic heterocycles. The smallest absolute Gasteiger partial charge is 0.242 e. The Balaban J connectivity index is 2.19. The van der Waals surface area contributed by atoms with Gasteiger partial charge in [-0.2, -0.15) is 0 Å². The topological polar surface area (TPSA) is 86.8 Å². The first-order valence-electron chi connectivity index (χ1n) is 10.4. The van der Waals surface area contributed by atoms with Crippen LogP contribution in [0.5, 0.6) is 0 Å². The molecule has 2 aromatic carbocycles. The first kappa shape index (κ1) is 26.6. The standard InChI is InChI=1S/C23H29ClFN3O4S/c1-16-19(24)10-7-12-21(16)28(33(4,31)32)14-8-13-22(29)27(17(2)23(30)26-3)15-18-9-5-6-11-20(18)25/h5-7,9-12,17H,8,13-15H2,1-4H3,(H,26,30)/t17-/m1/s1. The van der Waals surface area contributed by atoms with Gasteiger partial charge in [-0.1, -0.05) is 35.9 Å². The Kier molecular flexibility index (Phi) is 9.25. The Hall–Kier alpha value is -2.65. The third-order valence-electron chi connectivity index (χ3n) is 5.37. The molecule has 0 radical (unpaired) electrons. The van der Waals surface area contributed by atoms with Crippen LogP contribution in [0.15, 0.2) is 42.5 Å². The van der Waals surface area contributed by atoms with Crippen LogP contribution in [0.4, 0.5) is 10.1 Å². The number of carbonyl (C=O) groups is 2. The molecular formula is C23H29ClFN3O4S. The van der Waals surface area contributed by atoms with E-state index in [4.69, 9.17) is 11.6 Å². The van der Waals surface area contributed by atoms with Crippen LogP contribution in [0.2, 0.25) is 5.02 Å². The van der Waals surface area contributed by atoms with E-state index in [-0.39, 0.29) is 43.3 Å². The van der Waals surface area contributed by atoms with Gasteiger partial charge in [0, 0.05) is 37.1 Å². The molecule has 0 unspecified atom stereocenters. The Bertz CT molecular complexity index is 1110. The summed E-state index contributed by atoms with van der Waals surface area (Å²) in [5.41, 5.74) is 1.35. The normalized spacial score (nSPS) is 12.2. The fraction of sp³-hybridized carbons (Fsp3) is 0.391. The number of benzene rings is 2. The minimum Gasteiger partial charge on any atom is -0.357 e. The summed E-state index contributed by atoms with van der Waals surface area (Å²) in [6, 6.07) is 10.2. The average Bonchev–Trinajstić information content (AvgIpc) is 2.76. The van der Waals surface area contributed by atoms with Crippen LogP contribution in [0.25, 0.3) is 0 Å². The van der Waals surface area contributed by atoms with Gasteiger partial charge in [0.2, 0.25) is 21.8 Å². The first-order chi connectivity index (χ1) is 15.5. The SMILES string of the molecule is CNC(=O)[C@@H](C)N(Cc1ccccc1F)C(=O)CCCN(c1cccc(Cl)c1C)S(C)(=O)=O. The number of nitrogens with one attached hydrogen (secondary N) is 1. The fourth-order valence-electron chi connectivity index (χ4n) is 3.45. The van der Waals surface area contributed by atoms with Crippen LogP contribution in [-0.2, 0) is 26.2 Å². The molecule has 7 nitrogen and oxygen atoms in total. The molecule has 2 amide bonds. The zero-order valence-corrected chi connectivity index (χ0v) is 20.7. The average molecular weight is 498 g/mol. The number of halogens is 2. The Morgan fingerprint density at radius 2 is 1.82 bits per heavy atom. The number of hydrogen-bond donors (Lipinski definition) is 1. The summed E-state index contributed by atoms with van der Waals surface area (Å²) >= 11 is 6.15. The third-order valence-corrected chi connectivity index (χ3v) is 6.96. The van der Waals surface area contributed by atoms with E-state index >= 15 is 0 Å². The summed E-state index contributed by atoms with van der Waals surface area (Å²) in [6.45, 7) is 3.26. The molecule has 1 N–H and O–H groups in total. The van der Waals surface area contributed by atoms with E-state index in [1.165, 1.54) is 22.3 Å². The highest BCUT2D eigenvalue weighted by molar-refractivity contribution is 7.92. The molecular weight excluding hydrogens is 469 g/mol. The minimum absolute atomic E-state index is 0.0264. The van der Waals surface area contributed by atoms with Crippen LogP contribution in [-0.4, -0.2) is 51.0 Å². The van der Waals surface area contributed by atoms with Crippen LogP contribution < -0.4 is 9.62 Å². The molecule has 33 heavy (non-hydrogen) atoms. The van der Waals surface area contributed by atoms with Gasteiger partial charge in [0.1, 0.15) is 11.9 Å². The second kappa shape index (κ2) is 11.5. The molecule has 1 atom stereocenters. The maximum absolute atomic E-state index is 14.2. The Morgan fingerprint density at radius 3 is 2.42 bits per heavy atom. The summed E-state index contributed by atoms with van der Waals surface area (Å²) < 4.78 is 40.2. The van der Waals surface area contributed by atoms with Crippen molar-refractivity contribution in [2.45, 2.75) is 39.3 Å². The lowest BCUT2D eigenvalue weighted by Gasteiger charge is -2.29. The summed E-state index contributed by atoms with van der Waals surface area (Å²) in [6.07, 6.45) is 1.26. The molecule has 0 aliphatic heterocycles. The number of anilines is 1. The molecule has 2 aromatic rings. The lowest BCUT2D eigenvalue weighted by atomic mass is 10.1. The highest BCUT2D eigenvalue weighted by Crippen LogP contribution is 2.28. The van der Waals surface area contributed by atoms with Crippen molar-refractivity contribution < 1.29 is 22.4 Å². The van der Waals surface area contributed by atoms with Gasteiger partial charge in [-0.3, -0.25) is 13.9 Å². The summed E-state index contributed by atoms with van der Waals surface area (Å²) in [4.78, 5) is 26.5. The van der Waals surface area contributed by atoms with Crippen molar-refractivity contribution in [2.75, 3.05) is 24.2 Å². The minimum atomic E-state index is -3.63. The van der Waals surface area contributed by atoms with Crippen LogP contribution >= 0.6 is 11.6 Å². The lowest BCUT2D eigenvalue weighted by Crippen LogP contribution is -2.47. The van der Waals surface area contributed by atoms with Gasteiger partial charge >= 0.3 is 0 Å². The Labute approximate surface area is 199 Å². The maximum atomic E-state index is 14.2. The molecule has 0 spiro atoms. The number of rotatable bonds is 10. The third kappa shape index (κ3) is 6.91. The van der Waals surface area contributed by atoms with Gasteiger partial charge in [-0.05, 0) is 44.0 Å². The number of likely N-dealkylation sites (N-methyl/N-ethyl adjacent to an activating group) is 1. The first-order valence-corrected chi connectivity index (χ1v) is 12.7. The highest BCUT2D eigenvalue weighted by Gasteiger charge is 2.27. The molecule has 0 aliphatic carbocycles. The predicted molar refractivity (Wildman–Crippen MR) is 128 cm³/mol. The second-order valence-corrected chi connectivity index (χ2v) is 10.0. The molecule has 0 heterocycles. The lowest BCUT2D eigenvalue weighted by molar-refractivity contribution is -0.140. The van der Waals surface area contributed by atoms with E-state index in [2.05, 4.69) is 5.32 Å². The quantitative estimate of drug-likeness (QED) is 0.544. The van der Waals surface area contributed by atoms with Gasteiger partial charge in [0.05, 0.1) is 11.9 Å². The van der Waals surface area contributed by atoms with E-state index in [0.717, 1.165) is 6.26 Å². The molecule has 2 rings (SSSR count). The van der Waals surface area contributed by atoms with Crippen molar-refractivity contribution in [3.05, 3.63) is 64.4 Å². The van der Waals surface area contributed by atoms with Crippen molar-refractivity contribution in [3.8, 4) is 0 Å². The van der Waals surface area contributed by atoms with Gasteiger partial charge in [0.25, 0.3) is 0 Å². The van der Waals surface area contributed by atoms with Crippen molar-refractivity contribution >= 4 is 39.1 Å². The summed E-state index contributed by atoms with van der Waals surface area (Å²) in [7, 11) is -2.17. The molecule has 0 bridgehead atoms. The molecule has 0 fully saturated rings. The maximum Gasteiger partial charge on any atom is 0.242 e. The number of amides is 2. The fourth-order valence-corrected chi connectivity index (χ4v) is 4.64. The van der Waals surface area contributed by atoms with Crippen LogP contribution in [0.1, 0.15) is 30.9 Å². The number of nitrogens with zero attached hydrogens (tertiary/aromatic N) is 2. The largest absolute Gasteiger partial charge is 0.357 e. The van der Waals surface area contributed by atoms with Crippen molar-refractivity contribution in [3.63, 3.8) is 0 Å². The summed E-state index contributed by atoms with van der Waals surface area (Å²) in [5, 5.41) is 2.94. The van der Waals surface area contributed by atoms with E-state index in [1.54, 1.807) is 50.2 Å². The number of sulfonamides is 1. The van der Waals surface area contributed by atoms with E-state index < -0.39 is 21.9 Å². The molecule has 0 aliphatic rings. The van der Waals surface area contributed by atoms with Gasteiger partial charge in [-0.15, -0.1) is 0 Å². The van der Waals surface area contributed by atoms with Crippen molar-refractivity contribution in [1.29, 1.82) is 0 Å². The zero-order chi connectivity index (χ0) is 24.8. The van der Waals surface area contributed by atoms with Gasteiger partial charge in [0.15, 0.2) is 0 Å². The molecule has 0 saturated carbocycles. The molecule has 180 valence electrons. The predicted octanol–water partition coefficient (Wildman–Crippen LogP) is 3.50. The second-order valence-electron chi connectivity index (χ2n) is 7.73. The van der Waals surface area contributed by atoms with Gasteiger partial charge in [-0.25, -0.2) is 12.8 Å². The van der Waals surface area contributed by atoms with Crippen molar-refractivity contribution in [2.24, 2.45) is 0 Å². The van der Waals surface area contributed by atoms with E-state index in [0.29, 0.717) is 16.3 Å². The number of carbonyl (C=O) groups excluding carboxylic acids is 2. The number of hydrogen-bond acceptors (Lipinski definition) is 4. The van der Waals surface area contributed by atoms with E-state index in [9.17, 15) is 22.4 Å². The molecule has 10 heteroatoms. The molecule has 0 saturated heterocycles. The monoisotopic (exact) mass is 497 g/mol. The van der Waals surface area contributed by atoms with Crippen molar-refractivity contribution in [1.82, 2.24) is 10.2 Å². The van der Waals surface area contributed by atoms with Crippen LogP contribution in [0.3, 0.4) is 0 Å². The van der Waals surface area contributed by atoms with Gasteiger partial charge < -0.3 is 10.2 Å². The summed E-state index contributed by atoms with van der Waals surface area (Å²) in [5.74, 6) is -1.24. The van der Waals surface area contributed by atoms with Crippen LogP contribution in [0, 0.1) is 12.7 Å². The zero-order valence-electron chi connectivity index (χ0n) is 19.1. The van der Waals surface area contributed by atoms with E-state index in [1.807, 2.05) is 0 Å². The highest BCUT2D eigenvalue weighted by atomic mass is 35.5. The Morgan fingerprint density at radius 1 is 1.15 bits per heavy atom.